The molecule has 0 saturated heterocycles. The zero-order valence-electron chi connectivity index (χ0n) is 11.5. The summed E-state index contributed by atoms with van der Waals surface area (Å²) in [5, 5.41) is 5.19. The average Bonchev–Trinajstić information content (AvgIpc) is 2.83. The summed E-state index contributed by atoms with van der Waals surface area (Å²) in [6.45, 7) is 0. The van der Waals surface area contributed by atoms with Crippen molar-refractivity contribution < 1.29 is 0 Å². The maximum Gasteiger partial charge on any atom is 0.0671 e. The van der Waals surface area contributed by atoms with Gasteiger partial charge in [0.1, 0.15) is 0 Å². The van der Waals surface area contributed by atoms with Gasteiger partial charge >= 0.3 is 0 Å². The van der Waals surface area contributed by atoms with Gasteiger partial charge in [-0.05, 0) is 42.0 Å². The van der Waals surface area contributed by atoms with E-state index >= 15 is 0 Å². The third-order valence-corrected chi connectivity index (χ3v) is 4.10. The molecule has 2 nitrogen and oxygen atoms in total. The van der Waals surface area contributed by atoms with Crippen molar-refractivity contribution in [2.24, 2.45) is 0 Å². The van der Waals surface area contributed by atoms with Crippen LogP contribution in [-0.4, -0.2) is 12.0 Å². The van der Waals surface area contributed by atoms with E-state index in [1.165, 1.54) is 5.39 Å². The second-order valence-electron chi connectivity index (χ2n) is 4.74. The predicted octanol–water partition coefficient (Wildman–Crippen LogP) is 5.80. The Bertz CT molecular complexity index is 804. The van der Waals surface area contributed by atoms with Gasteiger partial charge in [0.25, 0.3) is 0 Å². The SMILES string of the molecule is CNc1c(/C=C/c2ccc(Cl)cc2)[nH]c2cc(Br)ccc12. The molecule has 3 aromatic rings. The fraction of sp³-hybridized carbons (Fsp3) is 0.0588. The Morgan fingerprint density at radius 1 is 1.10 bits per heavy atom. The first-order valence-electron chi connectivity index (χ1n) is 6.60. The van der Waals surface area contributed by atoms with Crippen LogP contribution in [0.3, 0.4) is 0 Å². The van der Waals surface area contributed by atoms with Crippen LogP contribution in [-0.2, 0) is 0 Å². The van der Waals surface area contributed by atoms with E-state index in [2.05, 4.69) is 50.5 Å². The van der Waals surface area contributed by atoms with Crippen molar-refractivity contribution in [3.8, 4) is 0 Å². The molecule has 2 aromatic carbocycles. The number of rotatable bonds is 3. The number of nitrogens with one attached hydrogen (secondary N) is 2. The molecule has 3 rings (SSSR count). The maximum absolute atomic E-state index is 5.90. The Morgan fingerprint density at radius 3 is 2.57 bits per heavy atom. The molecule has 21 heavy (non-hydrogen) atoms. The first-order chi connectivity index (χ1) is 10.2. The molecule has 0 radical (unpaired) electrons. The highest BCUT2D eigenvalue weighted by molar-refractivity contribution is 9.10. The number of anilines is 1. The third-order valence-electron chi connectivity index (χ3n) is 3.35. The topological polar surface area (TPSA) is 27.8 Å². The molecular formula is C17H14BrClN2. The summed E-state index contributed by atoms with van der Waals surface area (Å²) in [6.07, 6.45) is 4.14. The van der Waals surface area contributed by atoms with Crippen LogP contribution in [0.1, 0.15) is 11.3 Å². The van der Waals surface area contributed by atoms with E-state index in [1.807, 2.05) is 37.4 Å². The summed E-state index contributed by atoms with van der Waals surface area (Å²) in [4.78, 5) is 3.43. The standard InChI is InChI=1S/C17H14BrClN2/c1-20-17-14-8-5-12(18)10-16(14)21-15(17)9-4-11-2-6-13(19)7-3-11/h2-10,20-21H,1H3/b9-4+. The second kappa shape index (κ2) is 5.96. The largest absolute Gasteiger partial charge is 0.386 e. The molecule has 0 atom stereocenters. The molecule has 0 spiro atoms. The number of aromatic nitrogens is 1. The molecule has 0 saturated carbocycles. The van der Waals surface area contributed by atoms with Crippen LogP contribution < -0.4 is 5.32 Å². The average molecular weight is 362 g/mol. The Kier molecular flexibility index (Phi) is 4.04. The van der Waals surface area contributed by atoms with Crippen molar-refractivity contribution in [2.45, 2.75) is 0 Å². The van der Waals surface area contributed by atoms with Gasteiger partial charge in [0.2, 0.25) is 0 Å². The van der Waals surface area contributed by atoms with E-state index in [0.29, 0.717) is 0 Å². The van der Waals surface area contributed by atoms with Gasteiger partial charge in [-0.2, -0.15) is 0 Å². The van der Waals surface area contributed by atoms with E-state index in [4.69, 9.17) is 11.6 Å². The molecule has 0 amide bonds. The van der Waals surface area contributed by atoms with Gasteiger partial charge in [-0.3, -0.25) is 0 Å². The molecular weight excluding hydrogens is 348 g/mol. The summed E-state index contributed by atoms with van der Waals surface area (Å²) < 4.78 is 1.06. The first-order valence-corrected chi connectivity index (χ1v) is 7.77. The second-order valence-corrected chi connectivity index (χ2v) is 6.09. The lowest BCUT2D eigenvalue weighted by molar-refractivity contribution is 1.41. The van der Waals surface area contributed by atoms with Gasteiger partial charge < -0.3 is 10.3 Å². The molecule has 0 unspecified atom stereocenters. The number of benzene rings is 2. The lowest BCUT2D eigenvalue weighted by Gasteiger charge is -2.00. The summed E-state index contributed by atoms with van der Waals surface area (Å²) in [6, 6.07) is 14.0. The summed E-state index contributed by atoms with van der Waals surface area (Å²) in [5.74, 6) is 0. The van der Waals surface area contributed by atoms with E-state index in [-0.39, 0.29) is 0 Å². The summed E-state index contributed by atoms with van der Waals surface area (Å²) >= 11 is 9.40. The Balaban J connectivity index is 2.01. The van der Waals surface area contributed by atoms with Crippen LogP contribution in [0.4, 0.5) is 5.69 Å². The highest BCUT2D eigenvalue weighted by Gasteiger charge is 2.08. The number of H-pyrrole nitrogens is 1. The molecule has 4 heteroatoms. The lowest BCUT2D eigenvalue weighted by Crippen LogP contribution is -1.88. The van der Waals surface area contributed by atoms with E-state index < -0.39 is 0 Å². The van der Waals surface area contributed by atoms with Crippen molar-refractivity contribution in [3.05, 3.63) is 63.2 Å². The van der Waals surface area contributed by atoms with E-state index in [1.54, 1.807) is 0 Å². The van der Waals surface area contributed by atoms with Gasteiger partial charge in [-0.1, -0.05) is 45.7 Å². The van der Waals surface area contributed by atoms with Crippen LogP contribution in [0.15, 0.2) is 46.9 Å². The molecule has 0 bridgehead atoms. The molecule has 2 N–H and O–H groups in total. The third kappa shape index (κ3) is 2.99. The van der Waals surface area contributed by atoms with Crippen LogP contribution in [0, 0.1) is 0 Å². The maximum atomic E-state index is 5.90. The van der Waals surface area contributed by atoms with Crippen molar-refractivity contribution in [1.29, 1.82) is 0 Å². The van der Waals surface area contributed by atoms with Crippen molar-refractivity contribution in [2.75, 3.05) is 12.4 Å². The molecule has 1 heterocycles. The molecule has 0 aliphatic rings. The van der Waals surface area contributed by atoms with Crippen LogP contribution >= 0.6 is 27.5 Å². The fourth-order valence-electron chi connectivity index (χ4n) is 2.34. The monoisotopic (exact) mass is 360 g/mol. The smallest absolute Gasteiger partial charge is 0.0671 e. The Hall–Kier alpha value is -1.71. The number of hydrogen-bond acceptors (Lipinski definition) is 1. The molecule has 106 valence electrons. The molecule has 0 aliphatic carbocycles. The number of halogens is 2. The van der Waals surface area contributed by atoms with Gasteiger partial charge in [-0.25, -0.2) is 0 Å². The first kappa shape index (κ1) is 14.2. The van der Waals surface area contributed by atoms with Crippen molar-refractivity contribution in [1.82, 2.24) is 4.98 Å². The van der Waals surface area contributed by atoms with Crippen molar-refractivity contribution >= 4 is 56.3 Å². The predicted molar refractivity (Wildman–Crippen MR) is 95.9 cm³/mol. The van der Waals surface area contributed by atoms with Crippen LogP contribution in [0.2, 0.25) is 5.02 Å². The minimum absolute atomic E-state index is 0.749. The highest BCUT2D eigenvalue weighted by Crippen LogP contribution is 2.30. The van der Waals surface area contributed by atoms with Crippen LogP contribution in [0.25, 0.3) is 23.1 Å². The minimum atomic E-state index is 0.749. The van der Waals surface area contributed by atoms with Gasteiger partial charge in [0.05, 0.1) is 11.4 Å². The minimum Gasteiger partial charge on any atom is -0.386 e. The number of fused-ring (bicyclic) bond motifs is 1. The quantitative estimate of drug-likeness (QED) is 0.606. The van der Waals surface area contributed by atoms with Gasteiger partial charge in [-0.15, -0.1) is 0 Å². The zero-order valence-corrected chi connectivity index (χ0v) is 13.8. The molecule has 0 aliphatic heterocycles. The normalized spacial score (nSPS) is 11.4. The van der Waals surface area contributed by atoms with Crippen molar-refractivity contribution in [3.63, 3.8) is 0 Å². The Morgan fingerprint density at radius 2 is 1.86 bits per heavy atom. The van der Waals surface area contributed by atoms with E-state index in [0.717, 1.165) is 32.0 Å². The van der Waals surface area contributed by atoms with Gasteiger partial charge in [0.15, 0.2) is 0 Å². The van der Waals surface area contributed by atoms with Gasteiger partial charge in [0, 0.05) is 27.4 Å². The summed E-state index contributed by atoms with van der Waals surface area (Å²) in [7, 11) is 1.93. The van der Waals surface area contributed by atoms with E-state index in [9.17, 15) is 0 Å². The fourth-order valence-corrected chi connectivity index (χ4v) is 2.83. The lowest BCUT2D eigenvalue weighted by atomic mass is 10.2. The highest BCUT2D eigenvalue weighted by atomic mass is 79.9. The zero-order chi connectivity index (χ0) is 14.8. The number of aromatic amines is 1. The number of hydrogen-bond donors (Lipinski definition) is 2. The molecule has 1 aromatic heterocycles. The van der Waals surface area contributed by atoms with Crippen LogP contribution in [0.5, 0.6) is 0 Å². The Labute approximate surface area is 137 Å². The molecule has 0 fully saturated rings. The summed E-state index contributed by atoms with van der Waals surface area (Å²) in [5.41, 5.74) is 4.37.